The van der Waals surface area contributed by atoms with Crippen LogP contribution in [0.1, 0.15) is 62.9 Å². The SMILES string of the molecule is CC(C)CN1CCC(CN(C)C(=O)c2cccc(CCC(C)(C)O)c2)CC1. The van der Waals surface area contributed by atoms with Gasteiger partial charge in [-0.1, -0.05) is 26.0 Å². The van der Waals surface area contributed by atoms with Crippen LogP contribution in [0.5, 0.6) is 0 Å². The topological polar surface area (TPSA) is 43.8 Å². The number of benzene rings is 1. The monoisotopic (exact) mass is 374 g/mol. The Labute approximate surface area is 165 Å². The van der Waals surface area contributed by atoms with E-state index in [-0.39, 0.29) is 5.91 Å². The molecule has 27 heavy (non-hydrogen) atoms. The van der Waals surface area contributed by atoms with Gasteiger partial charge in [0.05, 0.1) is 5.60 Å². The minimum atomic E-state index is -0.679. The number of hydrogen-bond acceptors (Lipinski definition) is 3. The minimum Gasteiger partial charge on any atom is -0.390 e. The van der Waals surface area contributed by atoms with E-state index in [9.17, 15) is 9.90 Å². The number of nitrogens with zero attached hydrogens (tertiary/aromatic N) is 2. The fourth-order valence-electron chi connectivity index (χ4n) is 3.87. The van der Waals surface area contributed by atoms with Gasteiger partial charge in [-0.15, -0.1) is 0 Å². The van der Waals surface area contributed by atoms with Crippen LogP contribution in [-0.2, 0) is 6.42 Å². The predicted molar refractivity (Wildman–Crippen MR) is 112 cm³/mol. The summed E-state index contributed by atoms with van der Waals surface area (Å²) in [7, 11) is 1.92. The highest BCUT2D eigenvalue weighted by Gasteiger charge is 2.23. The maximum Gasteiger partial charge on any atom is 0.253 e. The summed E-state index contributed by atoms with van der Waals surface area (Å²) in [5.74, 6) is 1.42. The van der Waals surface area contributed by atoms with Crippen LogP contribution in [0.25, 0.3) is 0 Å². The highest BCUT2D eigenvalue weighted by atomic mass is 16.3. The number of carbonyl (C=O) groups is 1. The molecule has 1 amide bonds. The lowest BCUT2D eigenvalue weighted by molar-refractivity contribution is 0.0714. The largest absolute Gasteiger partial charge is 0.390 e. The molecule has 2 rings (SSSR count). The second-order valence-corrected chi connectivity index (χ2v) is 9.34. The summed E-state index contributed by atoms with van der Waals surface area (Å²) in [6.45, 7) is 12.5. The average Bonchev–Trinajstić information content (AvgIpc) is 2.60. The number of aryl methyl sites for hydroxylation is 1. The number of rotatable bonds is 8. The molecule has 1 aromatic carbocycles. The van der Waals surface area contributed by atoms with Crippen molar-refractivity contribution in [3.8, 4) is 0 Å². The molecule has 0 spiro atoms. The van der Waals surface area contributed by atoms with Gasteiger partial charge in [0, 0.05) is 25.7 Å². The third kappa shape index (κ3) is 7.63. The molecular weight excluding hydrogens is 336 g/mol. The zero-order valence-corrected chi connectivity index (χ0v) is 17.9. The molecule has 1 aliphatic heterocycles. The smallest absolute Gasteiger partial charge is 0.253 e. The molecule has 0 aliphatic carbocycles. The van der Waals surface area contributed by atoms with Crippen LogP contribution in [-0.4, -0.2) is 59.6 Å². The van der Waals surface area contributed by atoms with Crippen LogP contribution in [0, 0.1) is 11.8 Å². The molecule has 0 atom stereocenters. The van der Waals surface area contributed by atoms with Crippen molar-refractivity contribution < 1.29 is 9.90 Å². The molecule has 1 aromatic rings. The van der Waals surface area contributed by atoms with Crippen LogP contribution < -0.4 is 0 Å². The molecule has 1 aliphatic rings. The van der Waals surface area contributed by atoms with E-state index in [0.717, 1.165) is 43.1 Å². The standard InChI is InChI=1S/C23H38N2O2/c1-18(2)16-25-13-10-20(11-14-25)17-24(5)22(26)21-8-6-7-19(15-21)9-12-23(3,4)27/h6-8,15,18,20,27H,9-14,16-17H2,1-5H3. The molecule has 4 heteroatoms. The highest BCUT2D eigenvalue weighted by molar-refractivity contribution is 5.94. The van der Waals surface area contributed by atoms with Crippen LogP contribution in [0.3, 0.4) is 0 Å². The van der Waals surface area contributed by atoms with Gasteiger partial charge in [-0.3, -0.25) is 4.79 Å². The maximum atomic E-state index is 12.8. The highest BCUT2D eigenvalue weighted by Crippen LogP contribution is 2.20. The van der Waals surface area contributed by atoms with E-state index in [0.29, 0.717) is 12.3 Å². The maximum absolute atomic E-state index is 12.8. The number of piperidine rings is 1. The zero-order valence-electron chi connectivity index (χ0n) is 17.9. The Hall–Kier alpha value is -1.39. The minimum absolute atomic E-state index is 0.102. The Morgan fingerprint density at radius 1 is 1.30 bits per heavy atom. The number of aliphatic hydroxyl groups is 1. The van der Waals surface area contributed by atoms with Crippen molar-refractivity contribution in [2.75, 3.05) is 33.2 Å². The van der Waals surface area contributed by atoms with Crippen molar-refractivity contribution in [2.24, 2.45) is 11.8 Å². The summed E-state index contributed by atoms with van der Waals surface area (Å²) in [6.07, 6.45) is 3.82. The molecule has 1 saturated heterocycles. The van der Waals surface area contributed by atoms with E-state index in [1.54, 1.807) is 0 Å². The van der Waals surface area contributed by atoms with Crippen molar-refractivity contribution in [1.29, 1.82) is 0 Å². The van der Waals surface area contributed by atoms with Crippen molar-refractivity contribution in [2.45, 2.75) is 59.0 Å². The number of likely N-dealkylation sites (tertiary alicyclic amines) is 1. The third-order valence-corrected chi connectivity index (χ3v) is 5.41. The Bertz CT molecular complexity index is 599. The first-order chi connectivity index (χ1) is 12.6. The number of carbonyl (C=O) groups excluding carboxylic acids is 1. The van der Waals surface area contributed by atoms with Crippen LogP contribution in [0.15, 0.2) is 24.3 Å². The van der Waals surface area contributed by atoms with Crippen LogP contribution in [0.4, 0.5) is 0 Å². The third-order valence-electron chi connectivity index (χ3n) is 5.41. The number of amides is 1. The van der Waals surface area contributed by atoms with E-state index < -0.39 is 5.60 Å². The van der Waals surface area contributed by atoms with Gasteiger partial charge < -0.3 is 14.9 Å². The first-order valence-electron chi connectivity index (χ1n) is 10.4. The molecule has 1 N–H and O–H groups in total. The van der Waals surface area contributed by atoms with Crippen molar-refractivity contribution >= 4 is 5.91 Å². The van der Waals surface area contributed by atoms with Crippen LogP contribution in [0.2, 0.25) is 0 Å². The Morgan fingerprint density at radius 2 is 1.96 bits per heavy atom. The van der Waals surface area contributed by atoms with E-state index in [1.165, 1.54) is 19.4 Å². The van der Waals surface area contributed by atoms with Gasteiger partial charge in [-0.05, 0) is 82.2 Å². The van der Waals surface area contributed by atoms with Gasteiger partial charge in [0.1, 0.15) is 0 Å². The van der Waals surface area contributed by atoms with Gasteiger partial charge >= 0.3 is 0 Å². The van der Waals surface area contributed by atoms with Gasteiger partial charge in [0.2, 0.25) is 0 Å². The van der Waals surface area contributed by atoms with Gasteiger partial charge in [0.25, 0.3) is 5.91 Å². The summed E-state index contributed by atoms with van der Waals surface area (Å²) in [5, 5.41) is 9.92. The van der Waals surface area contributed by atoms with E-state index in [4.69, 9.17) is 0 Å². The van der Waals surface area contributed by atoms with Gasteiger partial charge in [-0.25, -0.2) is 0 Å². The zero-order chi connectivity index (χ0) is 20.0. The fraction of sp³-hybridized carbons (Fsp3) is 0.696. The van der Waals surface area contributed by atoms with Crippen molar-refractivity contribution in [3.63, 3.8) is 0 Å². The van der Waals surface area contributed by atoms with E-state index >= 15 is 0 Å². The lowest BCUT2D eigenvalue weighted by Gasteiger charge is -2.34. The Balaban J connectivity index is 1.86. The first kappa shape index (κ1) is 21.9. The molecular formula is C23H38N2O2. The van der Waals surface area contributed by atoms with Crippen molar-refractivity contribution in [3.05, 3.63) is 35.4 Å². The van der Waals surface area contributed by atoms with Crippen LogP contribution >= 0.6 is 0 Å². The number of hydrogen-bond donors (Lipinski definition) is 1. The van der Waals surface area contributed by atoms with Gasteiger partial charge in [-0.2, -0.15) is 0 Å². The Morgan fingerprint density at radius 3 is 2.56 bits per heavy atom. The van der Waals surface area contributed by atoms with Gasteiger partial charge in [0.15, 0.2) is 0 Å². The summed E-state index contributed by atoms with van der Waals surface area (Å²) in [5.41, 5.74) is 1.18. The van der Waals surface area contributed by atoms with E-state index in [2.05, 4.69) is 18.7 Å². The molecule has 0 radical (unpaired) electrons. The molecule has 0 saturated carbocycles. The van der Waals surface area contributed by atoms with Crippen molar-refractivity contribution in [1.82, 2.24) is 9.80 Å². The summed E-state index contributed by atoms with van der Waals surface area (Å²) in [4.78, 5) is 17.3. The normalized spacial score (nSPS) is 16.7. The molecule has 1 fully saturated rings. The second kappa shape index (κ2) is 9.70. The predicted octanol–water partition coefficient (Wildman–Crippen LogP) is 3.83. The molecule has 0 bridgehead atoms. The summed E-state index contributed by atoms with van der Waals surface area (Å²) < 4.78 is 0. The summed E-state index contributed by atoms with van der Waals surface area (Å²) >= 11 is 0. The molecule has 4 nitrogen and oxygen atoms in total. The summed E-state index contributed by atoms with van der Waals surface area (Å²) in [6, 6.07) is 7.87. The molecule has 152 valence electrons. The Kier molecular flexibility index (Phi) is 7.87. The van der Waals surface area contributed by atoms with E-state index in [1.807, 2.05) is 50.1 Å². The molecule has 1 heterocycles. The quantitative estimate of drug-likeness (QED) is 0.752. The lowest BCUT2D eigenvalue weighted by atomic mass is 9.95. The average molecular weight is 375 g/mol. The fourth-order valence-corrected chi connectivity index (χ4v) is 3.87. The lowest BCUT2D eigenvalue weighted by Crippen LogP contribution is -2.40. The second-order valence-electron chi connectivity index (χ2n) is 9.34. The molecule has 0 aromatic heterocycles. The first-order valence-corrected chi connectivity index (χ1v) is 10.4. The molecule has 0 unspecified atom stereocenters.